The minimum Gasteiger partial charge on any atom is -0.455 e. The van der Waals surface area contributed by atoms with Gasteiger partial charge in [-0.25, -0.2) is 0 Å². The van der Waals surface area contributed by atoms with Crippen LogP contribution < -0.4 is 9.80 Å². The smallest absolute Gasteiger partial charge is 0.145 e. The van der Waals surface area contributed by atoms with Crippen LogP contribution in [0.3, 0.4) is 0 Å². The molecule has 0 N–H and O–H groups in total. The third-order valence-corrected chi connectivity index (χ3v) is 16.3. The summed E-state index contributed by atoms with van der Waals surface area (Å²) in [4.78, 5) is 4.81. The molecule has 0 radical (unpaired) electrons. The number of aromatic nitrogens is 1. The van der Waals surface area contributed by atoms with Crippen molar-refractivity contribution < 1.29 is 4.42 Å². The minimum atomic E-state index is 0.0531. The summed E-state index contributed by atoms with van der Waals surface area (Å²) < 4.78 is 9.47. The molecule has 376 valence electrons. The molecule has 13 rings (SSSR count). The molecule has 0 aliphatic heterocycles. The average Bonchev–Trinajstić information content (AvgIpc) is 4.04. The van der Waals surface area contributed by atoms with E-state index in [4.69, 9.17) is 4.42 Å². The Bertz CT molecular complexity index is 4280. The van der Waals surface area contributed by atoms with Crippen molar-refractivity contribution in [3.63, 3.8) is 0 Å². The van der Waals surface area contributed by atoms with E-state index in [2.05, 4.69) is 285 Å². The van der Waals surface area contributed by atoms with Crippen LogP contribution in [0.4, 0.5) is 34.1 Å². The van der Waals surface area contributed by atoms with Crippen LogP contribution in [0, 0.1) is 0 Å². The molecule has 3 heterocycles. The van der Waals surface area contributed by atoms with Crippen molar-refractivity contribution in [2.24, 2.45) is 0 Å². The lowest BCUT2D eigenvalue weighted by Gasteiger charge is -2.28. The van der Waals surface area contributed by atoms with E-state index in [9.17, 15) is 0 Å². The van der Waals surface area contributed by atoms with E-state index in [1.165, 1.54) is 76.5 Å². The van der Waals surface area contributed by atoms with Gasteiger partial charge < -0.3 is 18.6 Å². The van der Waals surface area contributed by atoms with Crippen LogP contribution in [0.1, 0.15) is 105 Å². The maximum Gasteiger partial charge on any atom is 0.145 e. The van der Waals surface area contributed by atoms with Gasteiger partial charge in [-0.15, -0.1) is 0 Å². The molecular weight excluding hydrogens is 923 g/mol. The van der Waals surface area contributed by atoms with Crippen molar-refractivity contribution in [3.05, 3.63) is 210 Å². The number of benzene rings is 10. The molecule has 0 bridgehead atoms. The van der Waals surface area contributed by atoms with E-state index in [0.717, 1.165) is 61.4 Å². The number of nitrogens with zero attached hydrogens (tertiary/aromatic N) is 3. The Hall–Kier alpha value is -8.08. The van der Waals surface area contributed by atoms with Gasteiger partial charge in [0, 0.05) is 61.1 Å². The zero-order valence-electron chi connectivity index (χ0n) is 46.1. The fourth-order valence-corrected chi connectivity index (χ4v) is 11.9. The Morgan fingerprint density at radius 3 is 1.12 bits per heavy atom. The number of furan rings is 1. The number of anilines is 6. The number of hydrogen-bond acceptors (Lipinski definition) is 3. The van der Waals surface area contributed by atoms with Gasteiger partial charge in [0.15, 0.2) is 0 Å². The van der Waals surface area contributed by atoms with E-state index in [0.29, 0.717) is 0 Å². The second-order valence-corrected chi connectivity index (χ2v) is 25.6. The molecule has 3 aromatic heterocycles. The van der Waals surface area contributed by atoms with Gasteiger partial charge >= 0.3 is 0 Å². The first-order valence-electron chi connectivity index (χ1n) is 27.1. The molecule has 10 aromatic carbocycles. The van der Waals surface area contributed by atoms with Crippen LogP contribution in [0.15, 0.2) is 192 Å². The van der Waals surface area contributed by atoms with Crippen LogP contribution >= 0.6 is 0 Å². The monoisotopic (exact) mass is 990 g/mol. The molecule has 0 unspecified atom stereocenters. The summed E-state index contributed by atoms with van der Waals surface area (Å²) in [6.45, 7) is 27.3. The fourth-order valence-electron chi connectivity index (χ4n) is 11.9. The first kappa shape index (κ1) is 47.6. The predicted molar refractivity (Wildman–Crippen MR) is 328 cm³/mol. The van der Waals surface area contributed by atoms with Gasteiger partial charge in [0.1, 0.15) is 11.2 Å². The SMILES string of the molecule is CC(C)(C)c1ccc(N(c2ccc(C(C)(C)C)cc2)c2ccc3cc4c(cc3c2)c2cc3c5ccccc5oc3c3c5cc6cc(N(c7ccc(C(C)(C)C)cc7)c7ccc(C(C)(C)C)cc7)ccc6cc5n4c23)cc1. The molecule has 13 aromatic rings. The van der Waals surface area contributed by atoms with Gasteiger partial charge in [-0.2, -0.15) is 0 Å². The Labute approximate surface area is 447 Å². The molecule has 0 saturated carbocycles. The van der Waals surface area contributed by atoms with Gasteiger partial charge in [0.25, 0.3) is 0 Å². The van der Waals surface area contributed by atoms with Crippen molar-refractivity contribution in [2.45, 2.75) is 105 Å². The summed E-state index contributed by atoms with van der Waals surface area (Å²) >= 11 is 0. The van der Waals surface area contributed by atoms with Gasteiger partial charge in [0.05, 0.1) is 21.9 Å². The Morgan fingerprint density at radius 1 is 0.316 bits per heavy atom. The van der Waals surface area contributed by atoms with E-state index in [1.54, 1.807) is 0 Å². The third-order valence-electron chi connectivity index (χ3n) is 16.3. The third kappa shape index (κ3) is 7.78. The van der Waals surface area contributed by atoms with Crippen LogP contribution in [0.5, 0.6) is 0 Å². The zero-order chi connectivity index (χ0) is 52.8. The lowest BCUT2D eigenvalue weighted by Crippen LogP contribution is -2.14. The average molecular weight is 990 g/mol. The highest BCUT2D eigenvalue weighted by Gasteiger charge is 2.26. The molecule has 4 heteroatoms. The second-order valence-electron chi connectivity index (χ2n) is 25.6. The minimum absolute atomic E-state index is 0.0531. The first-order valence-corrected chi connectivity index (χ1v) is 27.1. The van der Waals surface area contributed by atoms with E-state index in [-0.39, 0.29) is 21.7 Å². The molecule has 0 aliphatic rings. The molecule has 4 nitrogen and oxygen atoms in total. The highest BCUT2D eigenvalue weighted by atomic mass is 16.3. The Morgan fingerprint density at radius 2 is 0.697 bits per heavy atom. The molecule has 0 atom stereocenters. The van der Waals surface area contributed by atoms with Crippen LogP contribution in [-0.4, -0.2) is 4.40 Å². The van der Waals surface area contributed by atoms with Crippen molar-refractivity contribution in [1.82, 2.24) is 4.40 Å². The summed E-state index contributed by atoms with van der Waals surface area (Å²) in [7, 11) is 0. The summed E-state index contributed by atoms with van der Waals surface area (Å²) in [6, 6.07) is 71.1. The molecule has 0 saturated heterocycles. The van der Waals surface area contributed by atoms with Crippen molar-refractivity contribution in [2.75, 3.05) is 9.80 Å². The predicted octanol–water partition coefficient (Wildman–Crippen LogP) is 21.2. The number of rotatable bonds is 6. The highest BCUT2D eigenvalue weighted by Crippen LogP contribution is 2.49. The number of hydrogen-bond donors (Lipinski definition) is 0. The molecule has 0 spiro atoms. The maximum absolute atomic E-state index is 6.95. The van der Waals surface area contributed by atoms with E-state index in [1.807, 2.05) is 0 Å². The van der Waals surface area contributed by atoms with Crippen LogP contribution in [-0.2, 0) is 21.7 Å². The normalized spacial score (nSPS) is 13.0. The molecular formula is C72H67N3O. The van der Waals surface area contributed by atoms with E-state index < -0.39 is 0 Å². The largest absolute Gasteiger partial charge is 0.455 e. The zero-order valence-corrected chi connectivity index (χ0v) is 46.1. The molecule has 0 amide bonds. The second kappa shape index (κ2) is 16.7. The summed E-state index contributed by atoms with van der Waals surface area (Å²) in [6.07, 6.45) is 0. The van der Waals surface area contributed by atoms with Gasteiger partial charge in [-0.1, -0.05) is 162 Å². The van der Waals surface area contributed by atoms with Crippen molar-refractivity contribution in [3.8, 4) is 0 Å². The highest BCUT2D eigenvalue weighted by molar-refractivity contribution is 6.34. The number of para-hydroxylation sites is 1. The lowest BCUT2D eigenvalue weighted by atomic mass is 9.86. The van der Waals surface area contributed by atoms with Gasteiger partial charge in [0.2, 0.25) is 0 Å². The summed E-state index contributed by atoms with van der Waals surface area (Å²) in [5.74, 6) is 0. The fraction of sp³-hybridized carbons (Fsp3) is 0.222. The van der Waals surface area contributed by atoms with Gasteiger partial charge in [-0.05, 0) is 175 Å². The first-order chi connectivity index (χ1) is 36.2. The topological polar surface area (TPSA) is 24.0 Å². The van der Waals surface area contributed by atoms with Crippen molar-refractivity contribution >= 4 is 116 Å². The standard InChI is InChI=1S/C72H67N3O/c1-69(2,3)48-19-29-52(30-20-48)73(53-31-21-49(22-32-53)70(4,5)6)56-27-17-44-41-63-59(39-46(44)37-56)60-43-61-58-15-13-14-16-65(58)76-68(61)66-62-40-47-38-57(28-18-45(47)42-64(62)75(63)67(60)66)74(54-33-23-50(24-34-54)71(7,8)9)55-35-25-51(26-36-55)72(10,11)12/h13-43H,1-12H3. The van der Waals surface area contributed by atoms with E-state index >= 15 is 0 Å². The lowest BCUT2D eigenvalue weighted by molar-refractivity contribution is 0.590. The number of fused-ring (bicyclic) bond motifs is 12. The summed E-state index contributed by atoms with van der Waals surface area (Å²) in [5, 5.41) is 11.8. The Balaban J connectivity index is 1.01. The van der Waals surface area contributed by atoms with Crippen molar-refractivity contribution in [1.29, 1.82) is 0 Å². The van der Waals surface area contributed by atoms with Crippen LogP contribution in [0.2, 0.25) is 0 Å². The molecule has 76 heavy (non-hydrogen) atoms. The Kier molecular flexibility index (Phi) is 10.5. The van der Waals surface area contributed by atoms with Crippen LogP contribution in [0.25, 0.3) is 81.6 Å². The quantitative estimate of drug-likeness (QED) is 0.166. The molecule has 0 fully saturated rings. The van der Waals surface area contributed by atoms with Gasteiger partial charge in [-0.3, -0.25) is 0 Å². The summed E-state index contributed by atoms with van der Waals surface area (Å²) in [5.41, 5.74) is 17.7. The maximum atomic E-state index is 6.95. The molecule has 0 aliphatic carbocycles.